The third-order valence-electron chi connectivity index (χ3n) is 1.77. The molecule has 6 heteroatoms. The Bertz CT molecular complexity index is 413. The van der Waals surface area contributed by atoms with E-state index < -0.39 is 28.8 Å². The fraction of sp³-hybridized carbons (Fsp3) is 0.222. The largest absolute Gasteiger partial charge is 0.507 e. The first kappa shape index (κ1) is 12.0. The molecular weight excluding hydrogens is 277 g/mol. The van der Waals surface area contributed by atoms with E-state index in [9.17, 15) is 18.0 Å². The van der Waals surface area contributed by atoms with Crippen molar-refractivity contribution in [1.29, 1.82) is 0 Å². The van der Waals surface area contributed by atoms with E-state index in [0.717, 1.165) is 13.0 Å². The minimum atomic E-state index is -4.76. The van der Waals surface area contributed by atoms with Crippen LogP contribution in [0.1, 0.15) is 22.8 Å². The normalized spacial score (nSPS) is 11.5. The number of ketones is 1. The Morgan fingerprint density at radius 3 is 2.27 bits per heavy atom. The highest BCUT2D eigenvalue weighted by atomic mass is 79.9. The summed E-state index contributed by atoms with van der Waals surface area (Å²) < 4.78 is 37.6. The van der Waals surface area contributed by atoms with Gasteiger partial charge in [0.1, 0.15) is 11.3 Å². The summed E-state index contributed by atoms with van der Waals surface area (Å²) in [5, 5.41) is 9.11. The topological polar surface area (TPSA) is 37.3 Å². The van der Waals surface area contributed by atoms with Crippen molar-refractivity contribution in [2.75, 3.05) is 0 Å². The molecule has 0 aromatic heterocycles. The number of Topliss-reactive ketones (excluding diaryl/α,β-unsaturated/α-hetero) is 1. The lowest BCUT2D eigenvalue weighted by Gasteiger charge is -2.13. The second kappa shape index (κ2) is 3.84. The summed E-state index contributed by atoms with van der Waals surface area (Å²) in [4.78, 5) is 11.0. The fourth-order valence-corrected chi connectivity index (χ4v) is 1.81. The molecule has 1 aromatic carbocycles. The second-order valence-corrected chi connectivity index (χ2v) is 3.72. The number of carbonyl (C=O) groups is 1. The first-order chi connectivity index (χ1) is 6.75. The van der Waals surface area contributed by atoms with Crippen LogP contribution in [-0.4, -0.2) is 10.9 Å². The third-order valence-corrected chi connectivity index (χ3v) is 2.43. The first-order valence-electron chi connectivity index (χ1n) is 3.84. The molecule has 0 radical (unpaired) electrons. The van der Waals surface area contributed by atoms with E-state index >= 15 is 0 Å². The third kappa shape index (κ3) is 2.31. The van der Waals surface area contributed by atoms with Crippen LogP contribution in [0.2, 0.25) is 0 Å². The molecule has 1 N–H and O–H groups in total. The van der Waals surface area contributed by atoms with Crippen LogP contribution in [0.15, 0.2) is 16.6 Å². The molecule has 0 heterocycles. The average Bonchev–Trinajstić information content (AvgIpc) is 2.05. The minimum Gasteiger partial charge on any atom is -0.507 e. The standard InChI is InChI=1S/C9H6BrF3O2/c1-4(14)7-5(10)2-3-6(15)8(7)9(11,12)13/h2-3,15H,1H3. The molecule has 0 saturated heterocycles. The number of rotatable bonds is 1. The molecule has 0 bridgehead atoms. The fourth-order valence-electron chi connectivity index (χ4n) is 1.20. The van der Waals surface area contributed by atoms with Gasteiger partial charge >= 0.3 is 6.18 Å². The van der Waals surface area contributed by atoms with Crippen LogP contribution in [0, 0.1) is 0 Å². The van der Waals surface area contributed by atoms with Crippen molar-refractivity contribution in [1.82, 2.24) is 0 Å². The summed E-state index contributed by atoms with van der Waals surface area (Å²) in [6.07, 6.45) is -4.76. The number of phenolic OH excluding ortho intramolecular Hbond substituents is 1. The van der Waals surface area contributed by atoms with E-state index in [0.29, 0.717) is 0 Å². The molecule has 0 aliphatic rings. The summed E-state index contributed by atoms with van der Waals surface area (Å²) in [7, 11) is 0. The van der Waals surface area contributed by atoms with Gasteiger partial charge in [-0.25, -0.2) is 0 Å². The van der Waals surface area contributed by atoms with Crippen molar-refractivity contribution in [2.45, 2.75) is 13.1 Å². The van der Waals surface area contributed by atoms with Gasteiger partial charge in [0, 0.05) is 10.0 Å². The zero-order valence-corrected chi connectivity index (χ0v) is 9.11. The molecule has 15 heavy (non-hydrogen) atoms. The average molecular weight is 283 g/mol. The highest BCUT2D eigenvalue weighted by Crippen LogP contribution is 2.40. The molecule has 1 aromatic rings. The van der Waals surface area contributed by atoms with Crippen LogP contribution in [0.5, 0.6) is 5.75 Å². The van der Waals surface area contributed by atoms with Crippen LogP contribution < -0.4 is 0 Å². The van der Waals surface area contributed by atoms with Crippen LogP contribution in [0.4, 0.5) is 13.2 Å². The van der Waals surface area contributed by atoms with Gasteiger partial charge in [-0.1, -0.05) is 15.9 Å². The van der Waals surface area contributed by atoms with Gasteiger partial charge in [-0.05, 0) is 19.1 Å². The number of alkyl halides is 3. The lowest BCUT2D eigenvalue weighted by Crippen LogP contribution is -2.12. The van der Waals surface area contributed by atoms with E-state index in [1.54, 1.807) is 0 Å². The predicted molar refractivity (Wildman–Crippen MR) is 50.8 cm³/mol. The smallest absolute Gasteiger partial charge is 0.420 e. The maximum atomic E-state index is 12.5. The monoisotopic (exact) mass is 282 g/mol. The van der Waals surface area contributed by atoms with E-state index in [4.69, 9.17) is 5.11 Å². The van der Waals surface area contributed by atoms with Crippen LogP contribution in [0.25, 0.3) is 0 Å². The molecule has 0 unspecified atom stereocenters. The molecule has 0 aliphatic carbocycles. The lowest BCUT2D eigenvalue weighted by atomic mass is 10.0. The SMILES string of the molecule is CC(=O)c1c(Br)ccc(O)c1C(F)(F)F. The predicted octanol–water partition coefficient (Wildman–Crippen LogP) is 3.38. The van der Waals surface area contributed by atoms with Crippen LogP contribution in [-0.2, 0) is 6.18 Å². The number of benzene rings is 1. The molecule has 0 atom stereocenters. The van der Waals surface area contributed by atoms with E-state index in [2.05, 4.69) is 15.9 Å². The maximum absolute atomic E-state index is 12.5. The van der Waals surface area contributed by atoms with Crippen LogP contribution in [0.3, 0.4) is 0 Å². The van der Waals surface area contributed by atoms with Gasteiger partial charge < -0.3 is 5.11 Å². The number of halogens is 4. The van der Waals surface area contributed by atoms with Crippen molar-refractivity contribution in [3.8, 4) is 5.75 Å². The first-order valence-corrected chi connectivity index (χ1v) is 4.64. The van der Waals surface area contributed by atoms with Crippen molar-refractivity contribution in [3.63, 3.8) is 0 Å². The Hall–Kier alpha value is -1.04. The van der Waals surface area contributed by atoms with Crippen LogP contribution >= 0.6 is 15.9 Å². The molecule has 0 aliphatic heterocycles. The zero-order chi connectivity index (χ0) is 11.8. The lowest BCUT2D eigenvalue weighted by molar-refractivity contribution is -0.139. The summed E-state index contributed by atoms with van der Waals surface area (Å²) in [6, 6.07) is 2.08. The number of aromatic hydroxyl groups is 1. The van der Waals surface area contributed by atoms with Crippen molar-refractivity contribution in [2.24, 2.45) is 0 Å². The Morgan fingerprint density at radius 1 is 1.40 bits per heavy atom. The second-order valence-electron chi connectivity index (χ2n) is 2.87. The number of hydrogen-bond acceptors (Lipinski definition) is 2. The van der Waals surface area contributed by atoms with Gasteiger partial charge in [-0.15, -0.1) is 0 Å². The zero-order valence-electron chi connectivity index (χ0n) is 7.52. The highest BCUT2D eigenvalue weighted by Gasteiger charge is 2.38. The van der Waals surface area contributed by atoms with Gasteiger partial charge in [0.15, 0.2) is 5.78 Å². The highest BCUT2D eigenvalue weighted by molar-refractivity contribution is 9.10. The quantitative estimate of drug-likeness (QED) is 0.802. The van der Waals surface area contributed by atoms with E-state index in [1.807, 2.05) is 0 Å². The maximum Gasteiger partial charge on any atom is 0.420 e. The molecule has 0 saturated carbocycles. The van der Waals surface area contributed by atoms with E-state index in [-0.39, 0.29) is 4.47 Å². The summed E-state index contributed by atoms with van der Waals surface area (Å²) in [6.45, 7) is 1.01. The Balaban J connectivity index is 3.60. The minimum absolute atomic E-state index is 0.0140. The molecular formula is C9H6BrF3O2. The number of phenols is 1. The van der Waals surface area contributed by atoms with Crippen molar-refractivity contribution in [3.05, 3.63) is 27.7 Å². The van der Waals surface area contributed by atoms with Gasteiger partial charge in [0.05, 0.1) is 0 Å². The number of carbonyl (C=O) groups excluding carboxylic acids is 1. The molecule has 0 spiro atoms. The van der Waals surface area contributed by atoms with Gasteiger partial charge in [0.25, 0.3) is 0 Å². The summed E-state index contributed by atoms with van der Waals surface area (Å²) >= 11 is 2.84. The van der Waals surface area contributed by atoms with Gasteiger partial charge in [-0.3, -0.25) is 4.79 Å². The molecule has 0 fully saturated rings. The summed E-state index contributed by atoms with van der Waals surface area (Å²) in [5.41, 5.74) is -1.85. The van der Waals surface area contributed by atoms with E-state index in [1.165, 1.54) is 6.07 Å². The van der Waals surface area contributed by atoms with Crippen molar-refractivity contribution < 1.29 is 23.1 Å². The van der Waals surface area contributed by atoms with Gasteiger partial charge in [0.2, 0.25) is 0 Å². The summed E-state index contributed by atoms with van der Waals surface area (Å²) in [5.74, 6) is -1.71. The molecule has 82 valence electrons. The molecule has 0 amide bonds. The molecule has 1 rings (SSSR count). The van der Waals surface area contributed by atoms with Crippen molar-refractivity contribution >= 4 is 21.7 Å². The Kier molecular flexibility index (Phi) is 3.08. The molecule has 2 nitrogen and oxygen atoms in total. The Morgan fingerprint density at radius 2 is 1.93 bits per heavy atom. The van der Waals surface area contributed by atoms with Gasteiger partial charge in [-0.2, -0.15) is 13.2 Å². The Labute approximate surface area is 91.8 Å². The number of hydrogen-bond donors (Lipinski definition) is 1.